The summed E-state index contributed by atoms with van der Waals surface area (Å²) in [5.41, 5.74) is 4.04. The maximum atomic E-state index is 5.89. The van der Waals surface area contributed by atoms with Gasteiger partial charge in [-0.2, -0.15) is 0 Å². The number of nitrogens with zero attached hydrogens (tertiary/aromatic N) is 1. The predicted octanol–water partition coefficient (Wildman–Crippen LogP) is 2.67. The summed E-state index contributed by atoms with van der Waals surface area (Å²) in [6, 6.07) is 2.11. The van der Waals surface area contributed by atoms with E-state index in [4.69, 9.17) is 10.6 Å². The standard InChI is InChI=1S/C14H24BrN3O/c1-5-19-13(14(2,3)4)12(18-16)7-10-6-11(15)9-17-8-10/h6,8-9,12-13,18H,5,7,16H2,1-4H3. The molecular weight excluding hydrogens is 306 g/mol. The van der Waals surface area contributed by atoms with Crippen molar-refractivity contribution < 1.29 is 4.74 Å². The zero-order valence-corrected chi connectivity index (χ0v) is 13.7. The average Bonchev–Trinajstić information content (AvgIpc) is 2.32. The number of hydrogen-bond donors (Lipinski definition) is 2. The van der Waals surface area contributed by atoms with Crippen LogP contribution in [0.4, 0.5) is 0 Å². The lowest BCUT2D eigenvalue weighted by atomic mass is 9.82. The van der Waals surface area contributed by atoms with E-state index in [0.717, 1.165) is 16.5 Å². The van der Waals surface area contributed by atoms with Gasteiger partial charge in [-0.1, -0.05) is 20.8 Å². The molecule has 0 aliphatic carbocycles. The Balaban J connectivity index is 2.86. The zero-order valence-electron chi connectivity index (χ0n) is 12.1. The molecule has 1 aromatic rings. The van der Waals surface area contributed by atoms with Gasteiger partial charge in [-0.25, -0.2) is 0 Å². The van der Waals surface area contributed by atoms with E-state index in [0.29, 0.717) is 6.61 Å². The highest BCUT2D eigenvalue weighted by atomic mass is 79.9. The van der Waals surface area contributed by atoms with E-state index in [9.17, 15) is 0 Å². The van der Waals surface area contributed by atoms with Crippen LogP contribution in [-0.2, 0) is 11.2 Å². The van der Waals surface area contributed by atoms with Gasteiger partial charge < -0.3 is 4.74 Å². The molecule has 2 unspecified atom stereocenters. The second-order valence-electron chi connectivity index (χ2n) is 5.73. The van der Waals surface area contributed by atoms with Gasteiger partial charge in [0.1, 0.15) is 0 Å². The highest BCUT2D eigenvalue weighted by Gasteiger charge is 2.32. The number of nitrogens with one attached hydrogen (secondary N) is 1. The Bertz CT molecular complexity index is 393. The van der Waals surface area contributed by atoms with Crippen molar-refractivity contribution in [3.05, 3.63) is 28.5 Å². The Hall–Kier alpha value is -0.490. The summed E-state index contributed by atoms with van der Waals surface area (Å²) >= 11 is 3.44. The summed E-state index contributed by atoms with van der Waals surface area (Å²) in [7, 11) is 0. The number of ether oxygens (including phenoxy) is 1. The molecule has 1 aromatic heterocycles. The van der Waals surface area contributed by atoms with E-state index >= 15 is 0 Å². The first-order valence-electron chi connectivity index (χ1n) is 6.55. The Kier molecular flexibility index (Phi) is 6.39. The first-order chi connectivity index (χ1) is 8.88. The largest absolute Gasteiger partial charge is 0.376 e. The van der Waals surface area contributed by atoms with Gasteiger partial charge >= 0.3 is 0 Å². The topological polar surface area (TPSA) is 60.2 Å². The van der Waals surface area contributed by atoms with Crippen LogP contribution < -0.4 is 11.3 Å². The minimum absolute atomic E-state index is 0.0203. The molecule has 0 bridgehead atoms. The van der Waals surface area contributed by atoms with E-state index in [-0.39, 0.29) is 17.6 Å². The summed E-state index contributed by atoms with van der Waals surface area (Å²) in [5.74, 6) is 5.72. The fourth-order valence-corrected chi connectivity index (χ4v) is 2.64. The maximum Gasteiger partial charge on any atom is 0.0792 e. The molecular formula is C14H24BrN3O. The summed E-state index contributed by atoms with van der Waals surface area (Å²) in [6.07, 6.45) is 4.46. The molecule has 0 aromatic carbocycles. The number of hydrogen-bond acceptors (Lipinski definition) is 4. The van der Waals surface area contributed by atoms with Crippen LogP contribution in [0.3, 0.4) is 0 Å². The lowest BCUT2D eigenvalue weighted by molar-refractivity contribution is -0.0356. The van der Waals surface area contributed by atoms with Crippen molar-refractivity contribution in [2.24, 2.45) is 11.3 Å². The van der Waals surface area contributed by atoms with Gasteiger partial charge in [0.15, 0.2) is 0 Å². The van der Waals surface area contributed by atoms with Gasteiger partial charge in [0, 0.05) is 23.5 Å². The van der Waals surface area contributed by atoms with Crippen LogP contribution in [-0.4, -0.2) is 23.7 Å². The van der Waals surface area contributed by atoms with Crippen LogP contribution in [0.15, 0.2) is 22.9 Å². The maximum absolute atomic E-state index is 5.89. The molecule has 0 radical (unpaired) electrons. The molecule has 0 amide bonds. The predicted molar refractivity (Wildman–Crippen MR) is 81.6 cm³/mol. The molecule has 108 valence electrons. The molecule has 5 heteroatoms. The summed E-state index contributed by atoms with van der Waals surface area (Å²) in [4.78, 5) is 4.18. The fourth-order valence-electron chi connectivity index (χ4n) is 2.22. The van der Waals surface area contributed by atoms with Crippen LogP contribution in [0.5, 0.6) is 0 Å². The van der Waals surface area contributed by atoms with Crippen LogP contribution in [0.25, 0.3) is 0 Å². The van der Waals surface area contributed by atoms with Crippen molar-refractivity contribution in [1.29, 1.82) is 0 Å². The molecule has 0 fully saturated rings. The molecule has 0 spiro atoms. The molecule has 1 heterocycles. The Morgan fingerprint density at radius 3 is 2.58 bits per heavy atom. The second-order valence-corrected chi connectivity index (χ2v) is 6.65. The van der Waals surface area contributed by atoms with Crippen LogP contribution in [0.2, 0.25) is 0 Å². The number of nitrogens with two attached hydrogens (primary N) is 1. The van der Waals surface area contributed by atoms with E-state index < -0.39 is 0 Å². The lowest BCUT2D eigenvalue weighted by Gasteiger charge is -2.36. The SMILES string of the molecule is CCOC(C(Cc1cncc(Br)c1)NN)C(C)(C)C. The number of rotatable bonds is 6. The number of aromatic nitrogens is 1. The summed E-state index contributed by atoms with van der Waals surface area (Å²) in [6.45, 7) is 9.17. The third kappa shape index (κ3) is 5.18. The number of hydrazine groups is 1. The fraction of sp³-hybridized carbons (Fsp3) is 0.643. The molecule has 4 nitrogen and oxygen atoms in total. The van der Waals surface area contributed by atoms with Crippen molar-refractivity contribution >= 4 is 15.9 Å². The molecule has 0 aliphatic heterocycles. The quantitative estimate of drug-likeness (QED) is 0.622. The van der Waals surface area contributed by atoms with Crippen molar-refractivity contribution in [1.82, 2.24) is 10.4 Å². The molecule has 1 rings (SSSR count). The summed E-state index contributed by atoms with van der Waals surface area (Å²) < 4.78 is 6.86. The molecule has 0 saturated heterocycles. The van der Waals surface area contributed by atoms with E-state index in [2.05, 4.69) is 53.2 Å². The minimum atomic E-state index is 0.0203. The first kappa shape index (κ1) is 16.6. The van der Waals surface area contributed by atoms with Crippen LogP contribution >= 0.6 is 15.9 Å². The first-order valence-corrected chi connectivity index (χ1v) is 7.35. The van der Waals surface area contributed by atoms with E-state index in [1.165, 1.54) is 0 Å². The number of halogens is 1. The zero-order chi connectivity index (χ0) is 14.5. The van der Waals surface area contributed by atoms with Crippen molar-refractivity contribution in [2.75, 3.05) is 6.61 Å². The average molecular weight is 330 g/mol. The Morgan fingerprint density at radius 2 is 2.11 bits per heavy atom. The molecule has 0 aliphatic rings. The van der Waals surface area contributed by atoms with Gasteiger partial charge in [0.05, 0.1) is 12.1 Å². The monoisotopic (exact) mass is 329 g/mol. The normalized spacial score (nSPS) is 15.3. The van der Waals surface area contributed by atoms with E-state index in [1.807, 2.05) is 13.1 Å². The van der Waals surface area contributed by atoms with Crippen molar-refractivity contribution in [3.63, 3.8) is 0 Å². The highest BCUT2D eigenvalue weighted by molar-refractivity contribution is 9.10. The van der Waals surface area contributed by atoms with Crippen LogP contribution in [0.1, 0.15) is 33.3 Å². The molecule has 2 atom stereocenters. The van der Waals surface area contributed by atoms with Crippen LogP contribution in [0, 0.1) is 5.41 Å². The Morgan fingerprint density at radius 1 is 1.42 bits per heavy atom. The highest BCUT2D eigenvalue weighted by Crippen LogP contribution is 2.26. The summed E-state index contributed by atoms with van der Waals surface area (Å²) in [5, 5.41) is 0. The Labute approximate surface area is 124 Å². The molecule has 0 saturated carbocycles. The molecule has 19 heavy (non-hydrogen) atoms. The lowest BCUT2D eigenvalue weighted by Crippen LogP contribution is -2.52. The third-order valence-electron chi connectivity index (χ3n) is 3.00. The van der Waals surface area contributed by atoms with Gasteiger partial charge in [0.25, 0.3) is 0 Å². The minimum Gasteiger partial charge on any atom is -0.376 e. The van der Waals surface area contributed by atoms with E-state index in [1.54, 1.807) is 6.20 Å². The molecule has 3 N–H and O–H groups in total. The van der Waals surface area contributed by atoms with Gasteiger partial charge in [-0.15, -0.1) is 0 Å². The van der Waals surface area contributed by atoms with Gasteiger partial charge in [-0.3, -0.25) is 16.3 Å². The van der Waals surface area contributed by atoms with Gasteiger partial charge in [0.2, 0.25) is 0 Å². The number of pyridine rings is 1. The smallest absolute Gasteiger partial charge is 0.0792 e. The van der Waals surface area contributed by atoms with Crippen molar-refractivity contribution in [2.45, 2.75) is 46.3 Å². The van der Waals surface area contributed by atoms with Gasteiger partial charge in [-0.05, 0) is 46.3 Å². The van der Waals surface area contributed by atoms with Crippen molar-refractivity contribution in [3.8, 4) is 0 Å². The third-order valence-corrected chi connectivity index (χ3v) is 3.43. The second kappa shape index (κ2) is 7.33.